The number of carbonyl (C=O) groups excluding carboxylic acids is 1. The quantitative estimate of drug-likeness (QED) is 0.744. The molecule has 1 aromatic carbocycles. The Hall–Kier alpha value is -2.83. The molecule has 1 aliphatic heterocycles. The van der Waals surface area contributed by atoms with Gasteiger partial charge in [0.05, 0.1) is 6.20 Å². The molecule has 2 heterocycles. The van der Waals surface area contributed by atoms with E-state index in [1.54, 1.807) is 18.3 Å². The Labute approximate surface area is 134 Å². The number of hydrogen-bond donors (Lipinski definition) is 3. The van der Waals surface area contributed by atoms with Crippen LogP contribution in [0.5, 0.6) is 0 Å². The van der Waals surface area contributed by atoms with Gasteiger partial charge in [0.15, 0.2) is 11.5 Å². The highest BCUT2D eigenvalue weighted by atomic mass is 16.1. The van der Waals surface area contributed by atoms with Gasteiger partial charge in [-0.1, -0.05) is 6.07 Å². The van der Waals surface area contributed by atoms with Gasteiger partial charge in [-0.2, -0.15) is 0 Å². The van der Waals surface area contributed by atoms with Crippen molar-refractivity contribution in [2.75, 3.05) is 29.0 Å². The predicted molar refractivity (Wildman–Crippen MR) is 90.8 cm³/mol. The van der Waals surface area contributed by atoms with Crippen LogP contribution < -0.4 is 21.7 Å². The fourth-order valence-electron chi connectivity index (χ4n) is 2.68. The summed E-state index contributed by atoms with van der Waals surface area (Å²) in [6.07, 6.45) is 5.11. The maximum absolute atomic E-state index is 11.6. The summed E-state index contributed by atoms with van der Waals surface area (Å²) in [5, 5.41) is 3.09. The number of amides is 1. The van der Waals surface area contributed by atoms with E-state index in [9.17, 15) is 4.79 Å². The van der Waals surface area contributed by atoms with Crippen LogP contribution in [0.2, 0.25) is 0 Å². The van der Waals surface area contributed by atoms with Crippen LogP contribution in [-0.2, 0) is 0 Å². The molecular formula is C16H20N6O. The average molecular weight is 312 g/mol. The summed E-state index contributed by atoms with van der Waals surface area (Å²) in [7, 11) is 0. The van der Waals surface area contributed by atoms with Gasteiger partial charge in [-0.15, -0.1) is 0 Å². The van der Waals surface area contributed by atoms with Gasteiger partial charge in [-0.3, -0.25) is 4.79 Å². The van der Waals surface area contributed by atoms with Crippen molar-refractivity contribution >= 4 is 28.9 Å². The van der Waals surface area contributed by atoms with Crippen LogP contribution in [0.25, 0.3) is 0 Å². The predicted octanol–water partition coefficient (Wildman–Crippen LogP) is 1.89. The Morgan fingerprint density at radius 1 is 1.22 bits per heavy atom. The van der Waals surface area contributed by atoms with Gasteiger partial charge in [0.25, 0.3) is 5.91 Å². The monoisotopic (exact) mass is 312 g/mol. The van der Waals surface area contributed by atoms with E-state index in [4.69, 9.17) is 11.5 Å². The second-order valence-electron chi connectivity index (χ2n) is 5.59. The number of anilines is 4. The summed E-state index contributed by atoms with van der Waals surface area (Å²) in [4.78, 5) is 22.5. The smallest absolute Gasteiger partial charge is 0.271 e. The van der Waals surface area contributed by atoms with Crippen molar-refractivity contribution < 1.29 is 4.79 Å². The molecule has 5 N–H and O–H groups in total. The second kappa shape index (κ2) is 6.51. The molecule has 3 rings (SSSR count). The number of nitrogens with two attached hydrogens (primary N) is 2. The zero-order valence-electron chi connectivity index (χ0n) is 12.8. The van der Waals surface area contributed by atoms with E-state index in [2.05, 4.69) is 20.2 Å². The first-order valence-electron chi connectivity index (χ1n) is 7.68. The lowest BCUT2D eigenvalue weighted by atomic mass is 10.1. The topological polar surface area (TPSA) is 110 Å². The molecule has 7 nitrogen and oxygen atoms in total. The van der Waals surface area contributed by atoms with Gasteiger partial charge in [0.2, 0.25) is 0 Å². The number of hydrogen-bond acceptors (Lipinski definition) is 6. The van der Waals surface area contributed by atoms with Gasteiger partial charge in [0.1, 0.15) is 5.82 Å². The van der Waals surface area contributed by atoms with Crippen LogP contribution in [0.3, 0.4) is 0 Å². The molecule has 1 aromatic heterocycles. The summed E-state index contributed by atoms with van der Waals surface area (Å²) in [5.74, 6) is 0.487. The minimum absolute atomic E-state index is 0.119. The van der Waals surface area contributed by atoms with Crippen molar-refractivity contribution in [1.29, 1.82) is 0 Å². The van der Waals surface area contributed by atoms with Crippen molar-refractivity contribution in [2.24, 2.45) is 5.73 Å². The summed E-state index contributed by atoms with van der Waals surface area (Å²) in [6.45, 7) is 1.89. The van der Waals surface area contributed by atoms with E-state index in [0.717, 1.165) is 37.4 Å². The standard InChI is InChI=1S/C16H20N6O/c17-11-5-4-6-12(9-11)20-16-14(15(18)23)19-10-13(21-16)22-7-2-1-3-8-22/h4-6,9-10H,1-3,7-8,17H2,(H2,18,23)(H,20,21). The third-order valence-electron chi connectivity index (χ3n) is 3.82. The van der Waals surface area contributed by atoms with E-state index < -0.39 is 5.91 Å². The number of nitrogens with zero attached hydrogens (tertiary/aromatic N) is 3. The van der Waals surface area contributed by atoms with Crippen LogP contribution in [0.4, 0.5) is 23.0 Å². The molecule has 7 heteroatoms. The molecular weight excluding hydrogens is 292 g/mol. The highest BCUT2D eigenvalue weighted by Gasteiger charge is 2.17. The first-order valence-corrected chi connectivity index (χ1v) is 7.68. The maximum atomic E-state index is 11.6. The van der Waals surface area contributed by atoms with Crippen LogP contribution in [0.15, 0.2) is 30.5 Å². The third kappa shape index (κ3) is 3.50. The van der Waals surface area contributed by atoms with Crippen molar-refractivity contribution in [1.82, 2.24) is 9.97 Å². The van der Waals surface area contributed by atoms with Gasteiger partial charge < -0.3 is 21.7 Å². The van der Waals surface area contributed by atoms with Crippen LogP contribution >= 0.6 is 0 Å². The Kier molecular flexibility index (Phi) is 4.27. The zero-order chi connectivity index (χ0) is 16.2. The molecule has 120 valence electrons. The maximum Gasteiger partial charge on any atom is 0.271 e. The lowest BCUT2D eigenvalue weighted by Gasteiger charge is -2.27. The summed E-state index contributed by atoms with van der Waals surface area (Å²) >= 11 is 0. The first kappa shape index (κ1) is 15.1. The molecule has 1 fully saturated rings. The fourth-order valence-corrected chi connectivity index (χ4v) is 2.68. The van der Waals surface area contributed by atoms with Crippen molar-refractivity contribution in [3.05, 3.63) is 36.2 Å². The molecule has 1 aliphatic rings. The highest BCUT2D eigenvalue weighted by Crippen LogP contribution is 2.23. The van der Waals surface area contributed by atoms with Crippen molar-refractivity contribution in [2.45, 2.75) is 19.3 Å². The molecule has 0 saturated carbocycles. The number of nitrogen functional groups attached to an aromatic ring is 1. The number of carbonyl (C=O) groups is 1. The summed E-state index contributed by atoms with van der Waals surface area (Å²) in [6, 6.07) is 7.22. The Morgan fingerprint density at radius 2 is 2.00 bits per heavy atom. The lowest BCUT2D eigenvalue weighted by molar-refractivity contribution is 0.0996. The molecule has 0 unspecified atom stereocenters. The molecule has 0 atom stereocenters. The van der Waals surface area contributed by atoms with E-state index in [0.29, 0.717) is 11.5 Å². The molecule has 0 aliphatic carbocycles. The minimum Gasteiger partial charge on any atom is -0.399 e. The van der Waals surface area contributed by atoms with E-state index in [1.807, 2.05) is 12.1 Å². The minimum atomic E-state index is -0.617. The second-order valence-corrected chi connectivity index (χ2v) is 5.59. The molecule has 0 bridgehead atoms. The number of rotatable bonds is 4. The zero-order valence-corrected chi connectivity index (χ0v) is 12.8. The molecule has 0 spiro atoms. The molecule has 2 aromatic rings. The molecule has 1 saturated heterocycles. The number of piperidine rings is 1. The Bertz CT molecular complexity index is 711. The van der Waals surface area contributed by atoms with Crippen molar-refractivity contribution in [3.8, 4) is 0 Å². The Balaban J connectivity index is 1.93. The first-order chi connectivity index (χ1) is 11.1. The largest absolute Gasteiger partial charge is 0.399 e. The van der Waals surface area contributed by atoms with Crippen LogP contribution in [-0.4, -0.2) is 29.0 Å². The molecule has 1 amide bonds. The summed E-state index contributed by atoms with van der Waals surface area (Å²) in [5.41, 5.74) is 12.7. The average Bonchev–Trinajstić information content (AvgIpc) is 2.55. The SMILES string of the molecule is NC(=O)c1ncc(N2CCCCC2)nc1Nc1cccc(N)c1. The van der Waals surface area contributed by atoms with Gasteiger partial charge in [-0.05, 0) is 37.5 Å². The Morgan fingerprint density at radius 3 is 2.70 bits per heavy atom. The highest BCUT2D eigenvalue weighted by molar-refractivity contribution is 5.96. The number of benzene rings is 1. The summed E-state index contributed by atoms with van der Waals surface area (Å²) < 4.78 is 0. The normalized spacial score (nSPS) is 14.5. The van der Waals surface area contributed by atoms with E-state index in [1.165, 1.54) is 6.42 Å². The van der Waals surface area contributed by atoms with Gasteiger partial charge in [-0.25, -0.2) is 9.97 Å². The van der Waals surface area contributed by atoms with Crippen LogP contribution in [0.1, 0.15) is 29.8 Å². The molecule has 0 radical (unpaired) electrons. The van der Waals surface area contributed by atoms with E-state index in [-0.39, 0.29) is 5.69 Å². The third-order valence-corrected chi connectivity index (χ3v) is 3.82. The van der Waals surface area contributed by atoms with Crippen molar-refractivity contribution in [3.63, 3.8) is 0 Å². The number of nitrogens with one attached hydrogen (secondary N) is 1. The molecule has 23 heavy (non-hydrogen) atoms. The number of aromatic nitrogens is 2. The lowest BCUT2D eigenvalue weighted by Crippen LogP contribution is -2.31. The van der Waals surface area contributed by atoms with E-state index >= 15 is 0 Å². The van der Waals surface area contributed by atoms with Gasteiger partial charge in [0, 0.05) is 24.5 Å². The fraction of sp³-hybridized carbons (Fsp3) is 0.312. The van der Waals surface area contributed by atoms with Crippen LogP contribution in [0, 0.1) is 0 Å². The van der Waals surface area contributed by atoms with Gasteiger partial charge >= 0.3 is 0 Å². The number of primary amides is 1.